The van der Waals surface area contributed by atoms with Crippen LogP contribution in [-0.4, -0.2) is 54.2 Å². The normalized spacial score (nSPS) is 28.8. The molecule has 1 amide bonds. The first-order valence-electron chi connectivity index (χ1n) is 7.68. The first-order valence-corrected chi connectivity index (χ1v) is 10.4. The van der Waals surface area contributed by atoms with Crippen LogP contribution in [0.1, 0.15) is 24.8 Å². The van der Waals surface area contributed by atoms with Crippen LogP contribution in [0.4, 0.5) is 0 Å². The first kappa shape index (κ1) is 16.5. The van der Waals surface area contributed by atoms with E-state index in [0.29, 0.717) is 11.6 Å². The van der Waals surface area contributed by atoms with Crippen molar-refractivity contribution in [3.63, 3.8) is 0 Å². The number of carbonyl (C=O) groups is 1. The van der Waals surface area contributed by atoms with Gasteiger partial charge in [-0.25, -0.2) is 8.42 Å². The van der Waals surface area contributed by atoms with Gasteiger partial charge in [0.15, 0.2) is 15.0 Å². The van der Waals surface area contributed by atoms with Gasteiger partial charge in [0.25, 0.3) is 5.91 Å². The van der Waals surface area contributed by atoms with Crippen LogP contribution in [0.5, 0.6) is 0 Å². The molecule has 5 nitrogen and oxygen atoms in total. The van der Waals surface area contributed by atoms with Crippen LogP contribution in [-0.2, 0) is 14.6 Å². The van der Waals surface area contributed by atoms with Crippen LogP contribution in [0.3, 0.4) is 0 Å². The molecular weight excluding hydrogens is 332 g/mol. The minimum atomic E-state index is -2.96. The molecule has 2 aliphatic heterocycles. The van der Waals surface area contributed by atoms with Gasteiger partial charge in [-0.2, -0.15) is 4.99 Å². The number of nitrogens with zero attached hydrogens (tertiary/aromatic N) is 2. The maximum atomic E-state index is 12.6. The lowest BCUT2D eigenvalue weighted by molar-refractivity contribution is -0.119. The summed E-state index contributed by atoms with van der Waals surface area (Å²) in [6, 6.07) is 9.59. The van der Waals surface area contributed by atoms with E-state index in [-0.39, 0.29) is 34.6 Å². The Balaban J connectivity index is 1.78. The van der Waals surface area contributed by atoms with Gasteiger partial charge in [-0.3, -0.25) is 4.79 Å². The monoisotopic (exact) mass is 352 g/mol. The Labute approximate surface area is 141 Å². The molecule has 2 heterocycles. The number of thioether (sulfide) groups is 1. The van der Waals surface area contributed by atoms with Crippen molar-refractivity contribution in [3.8, 4) is 0 Å². The largest absolute Gasteiger partial charge is 0.349 e. The molecule has 124 valence electrons. The van der Waals surface area contributed by atoms with Crippen molar-refractivity contribution in [2.24, 2.45) is 4.99 Å². The molecule has 2 saturated heterocycles. The predicted octanol–water partition coefficient (Wildman–Crippen LogP) is 1.91. The van der Waals surface area contributed by atoms with Crippen molar-refractivity contribution < 1.29 is 13.2 Å². The fourth-order valence-corrected chi connectivity index (χ4v) is 7.15. The Morgan fingerprint density at radius 3 is 2.65 bits per heavy atom. The van der Waals surface area contributed by atoms with E-state index in [0.717, 1.165) is 5.56 Å². The van der Waals surface area contributed by atoms with Crippen LogP contribution in [0.2, 0.25) is 0 Å². The highest BCUT2D eigenvalue weighted by atomic mass is 32.2. The van der Waals surface area contributed by atoms with Gasteiger partial charge in [-0.1, -0.05) is 49.0 Å². The third-order valence-electron chi connectivity index (χ3n) is 4.44. The van der Waals surface area contributed by atoms with E-state index >= 15 is 0 Å². The zero-order valence-electron chi connectivity index (χ0n) is 13.2. The summed E-state index contributed by atoms with van der Waals surface area (Å²) in [7, 11) is -1.13. The van der Waals surface area contributed by atoms with E-state index in [1.54, 1.807) is 0 Å². The Hall–Kier alpha value is -1.34. The zero-order chi connectivity index (χ0) is 16.6. The van der Waals surface area contributed by atoms with Gasteiger partial charge in [0.1, 0.15) is 0 Å². The second-order valence-corrected chi connectivity index (χ2v) is 9.38. The van der Waals surface area contributed by atoms with Crippen molar-refractivity contribution in [1.29, 1.82) is 0 Å². The summed E-state index contributed by atoms with van der Waals surface area (Å²) in [4.78, 5) is 18.7. The van der Waals surface area contributed by atoms with Gasteiger partial charge < -0.3 is 4.90 Å². The molecule has 1 aromatic rings. The van der Waals surface area contributed by atoms with Gasteiger partial charge in [0, 0.05) is 12.3 Å². The Bertz CT molecular complexity index is 731. The van der Waals surface area contributed by atoms with E-state index in [9.17, 15) is 13.2 Å². The smallest absolute Gasteiger partial charge is 0.255 e. The molecule has 23 heavy (non-hydrogen) atoms. The molecule has 0 radical (unpaired) electrons. The second kappa shape index (κ2) is 6.28. The van der Waals surface area contributed by atoms with E-state index in [1.165, 1.54) is 11.8 Å². The summed E-state index contributed by atoms with van der Waals surface area (Å²) in [5, 5.41) is 0.641. The first-order chi connectivity index (χ1) is 10.9. The topological polar surface area (TPSA) is 66.8 Å². The van der Waals surface area contributed by atoms with Crippen molar-refractivity contribution in [2.45, 2.75) is 30.6 Å². The molecule has 3 atom stereocenters. The number of amides is 1. The molecule has 0 spiro atoms. The van der Waals surface area contributed by atoms with Crippen molar-refractivity contribution in [3.05, 3.63) is 35.9 Å². The average Bonchev–Trinajstić information content (AvgIpc) is 2.95. The number of sulfone groups is 1. The van der Waals surface area contributed by atoms with E-state index < -0.39 is 9.84 Å². The van der Waals surface area contributed by atoms with Crippen LogP contribution in [0.15, 0.2) is 35.3 Å². The molecule has 0 bridgehead atoms. The van der Waals surface area contributed by atoms with Crippen molar-refractivity contribution >= 4 is 32.7 Å². The minimum absolute atomic E-state index is 0.00616. The molecule has 0 aliphatic carbocycles. The average molecular weight is 352 g/mol. The SMILES string of the molecule is CCC(C(=O)N=C1SC2CS(=O)(=O)CC2N1C)c1ccccc1. The maximum Gasteiger partial charge on any atom is 0.255 e. The highest BCUT2D eigenvalue weighted by molar-refractivity contribution is 8.15. The van der Waals surface area contributed by atoms with Crippen LogP contribution >= 0.6 is 11.8 Å². The molecule has 7 heteroatoms. The summed E-state index contributed by atoms with van der Waals surface area (Å²) in [6.07, 6.45) is 0.690. The number of rotatable bonds is 3. The molecule has 2 aliphatic rings. The lowest BCUT2D eigenvalue weighted by Crippen LogP contribution is -2.34. The summed E-state index contributed by atoms with van der Waals surface area (Å²) < 4.78 is 23.4. The fourth-order valence-electron chi connectivity index (χ4n) is 3.15. The van der Waals surface area contributed by atoms with E-state index in [4.69, 9.17) is 0 Å². The number of aliphatic imine (C=N–C) groups is 1. The summed E-state index contributed by atoms with van der Waals surface area (Å²) in [5.74, 6) is -0.0715. The molecule has 0 N–H and O–H groups in total. The molecule has 0 saturated carbocycles. The second-order valence-electron chi connectivity index (χ2n) is 6.02. The van der Waals surface area contributed by atoms with Crippen LogP contribution < -0.4 is 0 Å². The minimum Gasteiger partial charge on any atom is -0.349 e. The highest BCUT2D eigenvalue weighted by Crippen LogP contribution is 2.37. The Morgan fingerprint density at radius 1 is 1.35 bits per heavy atom. The maximum absolute atomic E-state index is 12.6. The third kappa shape index (κ3) is 3.30. The van der Waals surface area contributed by atoms with E-state index in [1.807, 2.05) is 49.2 Å². The summed E-state index contributed by atoms with van der Waals surface area (Å²) in [5.41, 5.74) is 0.970. The third-order valence-corrected chi connectivity index (χ3v) is 7.74. The highest BCUT2D eigenvalue weighted by Gasteiger charge is 2.47. The van der Waals surface area contributed by atoms with Crippen LogP contribution in [0.25, 0.3) is 0 Å². The van der Waals surface area contributed by atoms with Gasteiger partial charge >= 0.3 is 0 Å². The molecule has 0 aromatic heterocycles. The van der Waals surface area contributed by atoms with Crippen LogP contribution in [0, 0.1) is 0 Å². The van der Waals surface area contributed by atoms with Gasteiger partial charge in [0.2, 0.25) is 0 Å². The predicted molar refractivity (Wildman–Crippen MR) is 93.5 cm³/mol. The molecule has 2 fully saturated rings. The quantitative estimate of drug-likeness (QED) is 0.831. The molecule has 3 rings (SSSR count). The molecule has 3 unspecified atom stereocenters. The van der Waals surface area contributed by atoms with Gasteiger partial charge in [-0.15, -0.1) is 0 Å². The number of benzene rings is 1. The van der Waals surface area contributed by atoms with E-state index in [2.05, 4.69) is 4.99 Å². The van der Waals surface area contributed by atoms with Crippen molar-refractivity contribution in [1.82, 2.24) is 4.90 Å². The van der Waals surface area contributed by atoms with Gasteiger partial charge in [-0.05, 0) is 12.0 Å². The number of amidine groups is 1. The van der Waals surface area contributed by atoms with Crippen molar-refractivity contribution in [2.75, 3.05) is 18.6 Å². The Morgan fingerprint density at radius 2 is 2.04 bits per heavy atom. The Kier molecular flexibility index (Phi) is 4.51. The standard InChI is InChI=1S/C16H20N2O3S2/c1-3-12(11-7-5-4-6-8-11)15(19)17-16-18(2)13-9-23(20,21)10-14(13)22-16/h4-8,12-14H,3,9-10H2,1-2H3. The lowest BCUT2D eigenvalue weighted by atomic mass is 9.96. The zero-order valence-corrected chi connectivity index (χ0v) is 14.8. The molecule has 1 aromatic carbocycles. The summed E-state index contributed by atoms with van der Waals surface area (Å²) in [6.45, 7) is 1.97. The summed E-state index contributed by atoms with van der Waals surface area (Å²) >= 11 is 1.42. The number of hydrogen-bond donors (Lipinski definition) is 0. The fraction of sp³-hybridized carbons (Fsp3) is 0.500. The number of carbonyl (C=O) groups excluding carboxylic acids is 1. The number of hydrogen-bond acceptors (Lipinski definition) is 4. The lowest BCUT2D eigenvalue weighted by Gasteiger charge is -2.18. The number of fused-ring (bicyclic) bond motifs is 1. The molecular formula is C16H20N2O3S2. The van der Waals surface area contributed by atoms with Gasteiger partial charge in [0.05, 0.1) is 23.5 Å².